The lowest BCUT2D eigenvalue weighted by atomic mass is 9.79. The summed E-state index contributed by atoms with van der Waals surface area (Å²) >= 11 is 0. The maximum absolute atomic E-state index is 3.74. The molecule has 0 bridgehead atoms. The molecule has 0 aromatic heterocycles. The van der Waals surface area contributed by atoms with Crippen LogP contribution in [0.5, 0.6) is 0 Å². The lowest BCUT2D eigenvalue weighted by Crippen LogP contribution is -2.49. The highest BCUT2D eigenvalue weighted by Gasteiger charge is 2.24. The van der Waals surface area contributed by atoms with Crippen molar-refractivity contribution in [3.05, 3.63) is 0 Å². The fourth-order valence-corrected chi connectivity index (χ4v) is 2.82. The molecule has 0 atom stereocenters. The van der Waals surface area contributed by atoms with Crippen LogP contribution in [0.1, 0.15) is 39.5 Å². The number of rotatable bonds is 4. The van der Waals surface area contributed by atoms with Crippen LogP contribution in [0.15, 0.2) is 0 Å². The average Bonchev–Trinajstić information content (AvgIpc) is 2.16. The maximum Gasteiger partial charge on any atom is 0.00674 e. The van der Waals surface area contributed by atoms with Crippen LogP contribution < -0.4 is 10.6 Å². The Hall–Kier alpha value is -0.0800. The molecule has 2 nitrogen and oxygen atoms in total. The van der Waals surface area contributed by atoms with E-state index < -0.39 is 0 Å². The number of hydrogen-bond acceptors (Lipinski definition) is 2. The Labute approximate surface area is 94.2 Å². The van der Waals surface area contributed by atoms with Crippen molar-refractivity contribution in [1.82, 2.24) is 10.6 Å². The second-order valence-corrected chi connectivity index (χ2v) is 5.79. The van der Waals surface area contributed by atoms with Crippen molar-refractivity contribution in [1.29, 1.82) is 0 Å². The van der Waals surface area contributed by atoms with E-state index in [0.29, 0.717) is 0 Å². The van der Waals surface area contributed by atoms with Gasteiger partial charge in [0.25, 0.3) is 0 Å². The Balaban J connectivity index is 1.60. The van der Waals surface area contributed by atoms with Crippen LogP contribution in [-0.2, 0) is 0 Å². The van der Waals surface area contributed by atoms with Gasteiger partial charge in [0.1, 0.15) is 0 Å². The SMILES string of the molecule is CC(C)C1CCC(NCC2CNC2)CC1. The van der Waals surface area contributed by atoms with E-state index >= 15 is 0 Å². The van der Waals surface area contributed by atoms with Crippen molar-refractivity contribution in [2.75, 3.05) is 19.6 Å². The second-order valence-electron chi connectivity index (χ2n) is 5.79. The highest BCUT2D eigenvalue weighted by molar-refractivity contribution is 4.82. The number of hydrogen-bond donors (Lipinski definition) is 2. The topological polar surface area (TPSA) is 24.1 Å². The van der Waals surface area contributed by atoms with Gasteiger partial charge < -0.3 is 10.6 Å². The van der Waals surface area contributed by atoms with Gasteiger partial charge in [-0.2, -0.15) is 0 Å². The lowest BCUT2D eigenvalue weighted by Gasteiger charge is -2.34. The van der Waals surface area contributed by atoms with Crippen molar-refractivity contribution >= 4 is 0 Å². The summed E-state index contributed by atoms with van der Waals surface area (Å²) < 4.78 is 0. The average molecular weight is 210 g/mol. The first-order valence-electron chi connectivity index (χ1n) is 6.70. The molecule has 15 heavy (non-hydrogen) atoms. The molecule has 1 heterocycles. The summed E-state index contributed by atoms with van der Waals surface area (Å²) in [5, 5.41) is 7.07. The van der Waals surface area contributed by atoms with Crippen molar-refractivity contribution in [3.63, 3.8) is 0 Å². The van der Waals surface area contributed by atoms with Gasteiger partial charge >= 0.3 is 0 Å². The van der Waals surface area contributed by atoms with Crippen molar-refractivity contribution < 1.29 is 0 Å². The van der Waals surface area contributed by atoms with Crippen LogP contribution in [0.2, 0.25) is 0 Å². The van der Waals surface area contributed by atoms with E-state index in [1.165, 1.54) is 45.3 Å². The minimum atomic E-state index is 0.820. The van der Waals surface area contributed by atoms with Crippen LogP contribution in [0, 0.1) is 17.8 Å². The molecule has 0 unspecified atom stereocenters. The first-order chi connectivity index (χ1) is 7.25. The van der Waals surface area contributed by atoms with Gasteiger partial charge in [0.05, 0.1) is 0 Å². The molecule has 0 radical (unpaired) electrons. The van der Waals surface area contributed by atoms with Gasteiger partial charge in [0, 0.05) is 25.7 Å². The van der Waals surface area contributed by atoms with Gasteiger partial charge in [0.15, 0.2) is 0 Å². The molecule has 2 rings (SSSR count). The molecule has 2 fully saturated rings. The number of nitrogens with one attached hydrogen (secondary N) is 2. The molecule has 2 aliphatic rings. The molecule has 88 valence electrons. The van der Waals surface area contributed by atoms with E-state index in [2.05, 4.69) is 24.5 Å². The normalized spacial score (nSPS) is 33.0. The lowest BCUT2D eigenvalue weighted by molar-refractivity contribution is 0.225. The maximum atomic E-state index is 3.74. The zero-order valence-electron chi connectivity index (χ0n) is 10.3. The summed E-state index contributed by atoms with van der Waals surface area (Å²) in [6.07, 6.45) is 5.70. The highest BCUT2D eigenvalue weighted by atomic mass is 15.0. The summed E-state index contributed by atoms with van der Waals surface area (Å²) in [7, 11) is 0. The van der Waals surface area contributed by atoms with Gasteiger partial charge in [-0.15, -0.1) is 0 Å². The molecule has 1 aliphatic heterocycles. The zero-order valence-corrected chi connectivity index (χ0v) is 10.3. The van der Waals surface area contributed by atoms with Gasteiger partial charge in [-0.3, -0.25) is 0 Å². The second kappa shape index (κ2) is 5.31. The quantitative estimate of drug-likeness (QED) is 0.742. The third kappa shape index (κ3) is 3.18. The van der Waals surface area contributed by atoms with E-state index in [1.54, 1.807) is 0 Å². The summed E-state index contributed by atoms with van der Waals surface area (Å²) in [5.41, 5.74) is 0. The molecule has 1 saturated carbocycles. The van der Waals surface area contributed by atoms with Crippen LogP contribution in [0.4, 0.5) is 0 Å². The highest BCUT2D eigenvalue weighted by Crippen LogP contribution is 2.29. The summed E-state index contributed by atoms with van der Waals surface area (Å²) in [4.78, 5) is 0. The standard InChI is InChI=1S/C13H26N2/c1-10(2)12-3-5-13(6-4-12)15-9-11-7-14-8-11/h10-15H,3-9H2,1-2H3. The molecule has 0 aromatic rings. The first-order valence-corrected chi connectivity index (χ1v) is 6.70. The van der Waals surface area contributed by atoms with Crippen LogP contribution in [0.3, 0.4) is 0 Å². The molecule has 0 aromatic carbocycles. The summed E-state index contributed by atoms with van der Waals surface area (Å²) in [6, 6.07) is 0.820. The molecule has 2 heteroatoms. The van der Waals surface area contributed by atoms with Crippen molar-refractivity contribution in [2.24, 2.45) is 17.8 Å². The zero-order chi connectivity index (χ0) is 10.7. The van der Waals surface area contributed by atoms with Gasteiger partial charge in [-0.25, -0.2) is 0 Å². The monoisotopic (exact) mass is 210 g/mol. The van der Waals surface area contributed by atoms with Crippen molar-refractivity contribution in [2.45, 2.75) is 45.6 Å². The summed E-state index contributed by atoms with van der Waals surface area (Å²) in [6.45, 7) is 8.45. The van der Waals surface area contributed by atoms with Gasteiger partial charge in [0.2, 0.25) is 0 Å². The molecule has 2 N–H and O–H groups in total. The van der Waals surface area contributed by atoms with Crippen LogP contribution >= 0.6 is 0 Å². The Bertz CT molecular complexity index is 179. The fraction of sp³-hybridized carbons (Fsp3) is 1.00. The molecular formula is C13H26N2. The molecular weight excluding hydrogens is 184 g/mol. The minimum absolute atomic E-state index is 0.820. The van der Waals surface area contributed by atoms with E-state index in [0.717, 1.165) is 23.8 Å². The van der Waals surface area contributed by atoms with E-state index in [4.69, 9.17) is 0 Å². The van der Waals surface area contributed by atoms with E-state index in [-0.39, 0.29) is 0 Å². The Kier molecular flexibility index (Phi) is 4.04. The smallest absolute Gasteiger partial charge is 0.00674 e. The molecule has 1 saturated heterocycles. The third-order valence-corrected chi connectivity index (χ3v) is 4.28. The van der Waals surface area contributed by atoms with E-state index in [1.807, 2.05) is 0 Å². The largest absolute Gasteiger partial charge is 0.316 e. The molecule has 0 amide bonds. The Morgan fingerprint density at radius 2 is 1.80 bits per heavy atom. The third-order valence-electron chi connectivity index (χ3n) is 4.28. The predicted molar refractivity (Wildman–Crippen MR) is 64.9 cm³/mol. The van der Waals surface area contributed by atoms with E-state index in [9.17, 15) is 0 Å². The van der Waals surface area contributed by atoms with Crippen LogP contribution in [0.25, 0.3) is 0 Å². The first kappa shape index (κ1) is 11.4. The fourth-order valence-electron chi connectivity index (χ4n) is 2.82. The molecule has 0 spiro atoms. The van der Waals surface area contributed by atoms with Crippen molar-refractivity contribution in [3.8, 4) is 0 Å². The Morgan fingerprint density at radius 3 is 2.27 bits per heavy atom. The predicted octanol–water partition coefficient (Wildman–Crippen LogP) is 2.01. The Morgan fingerprint density at radius 1 is 1.13 bits per heavy atom. The summed E-state index contributed by atoms with van der Waals surface area (Å²) in [5.74, 6) is 2.79. The van der Waals surface area contributed by atoms with Gasteiger partial charge in [-0.1, -0.05) is 13.8 Å². The minimum Gasteiger partial charge on any atom is -0.316 e. The molecule has 1 aliphatic carbocycles. The van der Waals surface area contributed by atoms with Gasteiger partial charge in [-0.05, 0) is 43.4 Å². The van der Waals surface area contributed by atoms with Crippen LogP contribution in [-0.4, -0.2) is 25.7 Å².